The van der Waals surface area contributed by atoms with Gasteiger partial charge in [0.1, 0.15) is 0 Å². The van der Waals surface area contributed by atoms with Crippen LogP contribution in [0.4, 0.5) is 0 Å². The highest BCUT2D eigenvalue weighted by molar-refractivity contribution is 6.00. The third-order valence-electron chi connectivity index (χ3n) is 3.12. The van der Waals surface area contributed by atoms with Gasteiger partial charge in [-0.25, -0.2) is 9.69 Å². The Hall–Kier alpha value is -1.47. The number of carbonyl (C=O) groups excluding carboxylic acids is 2. The Morgan fingerprint density at radius 3 is 1.86 bits per heavy atom. The van der Waals surface area contributed by atoms with Crippen LogP contribution in [0.1, 0.15) is 58.8 Å². The number of nitrogens with zero attached hydrogens (tertiary/aromatic N) is 1. The zero-order valence-electron chi connectivity index (χ0n) is 12.8. The molecule has 0 spiro atoms. The van der Waals surface area contributed by atoms with Gasteiger partial charge in [-0.3, -0.25) is 9.59 Å². The standard InChI is InChI=1S/C14H26N2O5/c1-3-7-11(17)16(12(18)8-4-2)14(21,13(19)20)9-5-6-10-15/h21H,3-10,15H2,1-2H3,(H,19,20). The summed E-state index contributed by atoms with van der Waals surface area (Å²) >= 11 is 0. The van der Waals surface area contributed by atoms with E-state index in [1.165, 1.54) is 0 Å². The van der Waals surface area contributed by atoms with Crippen LogP contribution < -0.4 is 5.73 Å². The van der Waals surface area contributed by atoms with Crippen molar-refractivity contribution in [2.24, 2.45) is 5.73 Å². The third kappa shape index (κ3) is 5.43. The Morgan fingerprint density at radius 1 is 1.05 bits per heavy atom. The van der Waals surface area contributed by atoms with E-state index in [9.17, 15) is 24.6 Å². The Morgan fingerprint density at radius 2 is 1.52 bits per heavy atom. The Kier molecular flexibility index (Phi) is 8.80. The van der Waals surface area contributed by atoms with E-state index in [0.29, 0.717) is 37.1 Å². The smallest absolute Gasteiger partial charge is 0.357 e. The zero-order chi connectivity index (χ0) is 16.5. The van der Waals surface area contributed by atoms with Crippen LogP contribution in [0.15, 0.2) is 0 Å². The minimum Gasteiger partial charge on any atom is -0.478 e. The molecule has 0 heterocycles. The number of rotatable bonds is 10. The van der Waals surface area contributed by atoms with Crippen molar-refractivity contribution in [2.75, 3.05) is 6.54 Å². The Labute approximate surface area is 125 Å². The summed E-state index contributed by atoms with van der Waals surface area (Å²) in [5, 5.41) is 19.7. The summed E-state index contributed by atoms with van der Waals surface area (Å²) in [6.45, 7) is 3.84. The highest BCUT2D eigenvalue weighted by Crippen LogP contribution is 2.23. The highest BCUT2D eigenvalue weighted by Gasteiger charge is 2.47. The fourth-order valence-corrected chi connectivity index (χ4v) is 2.03. The van der Waals surface area contributed by atoms with Gasteiger partial charge in [-0.2, -0.15) is 0 Å². The fraction of sp³-hybridized carbons (Fsp3) is 0.786. The van der Waals surface area contributed by atoms with Crippen LogP contribution in [0.3, 0.4) is 0 Å². The maximum absolute atomic E-state index is 12.1. The van der Waals surface area contributed by atoms with Crippen molar-refractivity contribution in [1.29, 1.82) is 0 Å². The van der Waals surface area contributed by atoms with Gasteiger partial charge >= 0.3 is 5.97 Å². The van der Waals surface area contributed by atoms with Crippen LogP contribution in [-0.4, -0.2) is 45.2 Å². The van der Waals surface area contributed by atoms with E-state index in [-0.39, 0.29) is 19.3 Å². The van der Waals surface area contributed by atoms with Crippen molar-refractivity contribution in [1.82, 2.24) is 4.90 Å². The first kappa shape index (κ1) is 19.5. The van der Waals surface area contributed by atoms with Gasteiger partial charge in [0.05, 0.1) is 0 Å². The van der Waals surface area contributed by atoms with Gasteiger partial charge in [0.2, 0.25) is 17.5 Å². The van der Waals surface area contributed by atoms with E-state index in [0.717, 1.165) is 0 Å². The van der Waals surface area contributed by atoms with Crippen molar-refractivity contribution in [3.8, 4) is 0 Å². The summed E-state index contributed by atoms with van der Waals surface area (Å²) in [5.74, 6) is -2.91. The minimum absolute atomic E-state index is 0.0158. The van der Waals surface area contributed by atoms with Crippen LogP contribution in [0.5, 0.6) is 0 Å². The third-order valence-corrected chi connectivity index (χ3v) is 3.12. The number of unbranched alkanes of at least 4 members (excludes halogenated alkanes) is 1. The summed E-state index contributed by atoms with van der Waals surface area (Å²) in [6.07, 6.45) is 1.57. The molecule has 7 heteroatoms. The highest BCUT2D eigenvalue weighted by atomic mass is 16.4. The second-order valence-electron chi connectivity index (χ2n) is 4.99. The molecule has 0 bridgehead atoms. The molecule has 0 aliphatic rings. The van der Waals surface area contributed by atoms with Crippen molar-refractivity contribution >= 4 is 17.8 Å². The average molecular weight is 302 g/mol. The molecule has 4 N–H and O–H groups in total. The van der Waals surface area contributed by atoms with Crippen molar-refractivity contribution in [3.05, 3.63) is 0 Å². The monoisotopic (exact) mass is 302 g/mol. The van der Waals surface area contributed by atoms with Gasteiger partial charge < -0.3 is 15.9 Å². The normalized spacial score (nSPS) is 13.5. The van der Waals surface area contributed by atoms with Crippen LogP contribution in [0.25, 0.3) is 0 Å². The lowest BCUT2D eigenvalue weighted by Gasteiger charge is -2.35. The molecule has 0 rings (SSSR count). The second-order valence-corrected chi connectivity index (χ2v) is 4.99. The SMILES string of the molecule is CCCC(=O)N(C(=O)CCC)C(O)(CCCCN)C(=O)O. The largest absolute Gasteiger partial charge is 0.478 e. The van der Waals surface area contributed by atoms with Gasteiger partial charge in [-0.15, -0.1) is 0 Å². The number of carboxylic acids is 1. The molecule has 0 saturated carbocycles. The minimum atomic E-state index is -2.49. The number of aliphatic carboxylic acids is 1. The number of hydrogen-bond donors (Lipinski definition) is 3. The van der Waals surface area contributed by atoms with E-state index < -0.39 is 23.5 Å². The number of imide groups is 1. The molecule has 0 aliphatic carbocycles. The zero-order valence-corrected chi connectivity index (χ0v) is 12.8. The molecular weight excluding hydrogens is 276 g/mol. The van der Waals surface area contributed by atoms with Gasteiger partial charge in [0.15, 0.2) is 0 Å². The summed E-state index contributed by atoms with van der Waals surface area (Å²) in [6, 6.07) is 0. The van der Waals surface area contributed by atoms with Gasteiger partial charge in [0, 0.05) is 19.3 Å². The van der Waals surface area contributed by atoms with E-state index in [1.807, 2.05) is 0 Å². The lowest BCUT2D eigenvalue weighted by molar-refractivity contribution is -0.194. The van der Waals surface area contributed by atoms with Crippen molar-refractivity contribution in [2.45, 2.75) is 64.5 Å². The predicted octanol–water partition coefficient (Wildman–Crippen LogP) is 0.844. The van der Waals surface area contributed by atoms with Crippen LogP contribution in [0.2, 0.25) is 0 Å². The number of carbonyl (C=O) groups is 3. The quantitative estimate of drug-likeness (QED) is 0.406. The molecule has 1 unspecified atom stereocenters. The fourth-order valence-electron chi connectivity index (χ4n) is 2.03. The molecule has 0 saturated heterocycles. The lowest BCUT2D eigenvalue weighted by Crippen LogP contribution is -2.59. The molecule has 7 nitrogen and oxygen atoms in total. The van der Waals surface area contributed by atoms with E-state index in [1.54, 1.807) is 13.8 Å². The number of aliphatic hydroxyl groups is 1. The van der Waals surface area contributed by atoms with E-state index in [2.05, 4.69) is 0 Å². The summed E-state index contributed by atoms with van der Waals surface area (Å²) in [5.41, 5.74) is 2.86. The number of carboxylic acid groups (broad SMARTS) is 1. The number of hydrogen-bond acceptors (Lipinski definition) is 5. The maximum atomic E-state index is 12.1. The van der Waals surface area contributed by atoms with Gasteiger partial charge in [-0.1, -0.05) is 13.8 Å². The molecule has 2 amide bonds. The molecule has 1 atom stereocenters. The number of amides is 2. The second kappa shape index (κ2) is 9.46. The van der Waals surface area contributed by atoms with Gasteiger partial charge in [-0.05, 0) is 32.2 Å². The summed E-state index contributed by atoms with van der Waals surface area (Å²) in [4.78, 5) is 36.2. The molecule has 0 radical (unpaired) electrons. The van der Waals surface area contributed by atoms with Crippen molar-refractivity contribution < 1.29 is 24.6 Å². The first-order valence-electron chi connectivity index (χ1n) is 7.36. The first-order chi connectivity index (χ1) is 9.84. The summed E-state index contributed by atoms with van der Waals surface area (Å²) < 4.78 is 0. The molecule has 0 aromatic rings. The Balaban J connectivity index is 5.40. The van der Waals surface area contributed by atoms with E-state index in [4.69, 9.17) is 5.73 Å². The van der Waals surface area contributed by atoms with Crippen LogP contribution in [0, 0.1) is 0 Å². The van der Waals surface area contributed by atoms with Crippen LogP contribution >= 0.6 is 0 Å². The van der Waals surface area contributed by atoms with E-state index >= 15 is 0 Å². The molecule has 122 valence electrons. The molecular formula is C14H26N2O5. The molecule has 0 fully saturated rings. The summed E-state index contributed by atoms with van der Waals surface area (Å²) in [7, 11) is 0. The molecule has 0 aromatic heterocycles. The molecule has 21 heavy (non-hydrogen) atoms. The maximum Gasteiger partial charge on any atom is 0.357 e. The van der Waals surface area contributed by atoms with Crippen LogP contribution in [-0.2, 0) is 14.4 Å². The van der Waals surface area contributed by atoms with Gasteiger partial charge in [0.25, 0.3) is 0 Å². The molecule has 0 aliphatic heterocycles. The predicted molar refractivity (Wildman–Crippen MR) is 77.2 cm³/mol. The first-order valence-corrected chi connectivity index (χ1v) is 7.36. The van der Waals surface area contributed by atoms with Crippen molar-refractivity contribution in [3.63, 3.8) is 0 Å². The molecule has 0 aromatic carbocycles. The Bertz CT molecular complexity index is 354. The number of nitrogens with two attached hydrogens (primary N) is 1. The average Bonchev–Trinajstić information content (AvgIpc) is 2.39. The lowest BCUT2D eigenvalue weighted by atomic mass is 10.0. The topological polar surface area (TPSA) is 121 Å².